The second kappa shape index (κ2) is 8.06. The van der Waals surface area contributed by atoms with Crippen molar-refractivity contribution in [1.29, 1.82) is 0 Å². The lowest BCUT2D eigenvalue weighted by Gasteiger charge is -2.62. The summed E-state index contributed by atoms with van der Waals surface area (Å²) < 4.78 is 29.3. The molecule has 0 radical (unpaired) electrons. The number of nitrogens with one attached hydrogen (secondary N) is 1. The van der Waals surface area contributed by atoms with E-state index in [-0.39, 0.29) is 28.1 Å². The average Bonchev–Trinajstić information content (AvgIpc) is 2.73. The fraction of sp³-hybridized carbons (Fsp3) is 0.480. The first-order valence-electron chi connectivity index (χ1n) is 11.0. The Bertz CT molecular complexity index is 1050. The lowest BCUT2D eigenvalue weighted by Crippen LogP contribution is -2.65. The molecule has 3 saturated carbocycles. The minimum absolute atomic E-state index is 0.0191. The largest absolute Gasteiger partial charge is 0.341 e. The summed E-state index contributed by atoms with van der Waals surface area (Å²) >= 11 is 0. The molecule has 6 heteroatoms. The molecule has 4 atom stereocenters. The molecule has 0 unspecified atom stereocenters. The average molecular weight is 441 g/mol. The number of fused-ring (bicyclic) bond motifs is 2. The molecule has 1 amide bonds. The summed E-state index contributed by atoms with van der Waals surface area (Å²) in [5, 5.41) is 0. The van der Waals surface area contributed by atoms with E-state index in [9.17, 15) is 13.2 Å². The van der Waals surface area contributed by atoms with E-state index in [2.05, 4.69) is 18.6 Å². The summed E-state index contributed by atoms with van der Waals surface area (Å²) in [7, 11) is -1.90. The number of carbonyl (C=O) groups is 1. The van der Waals surface area contributed by atoms with Crippen LogP contribution in [0.15, 0.2) is 59.5 Å². The van der Waals surface area contributed by atoms with Gasteiger partial charge in [0.05, 0.1) is 10.8 Å². The van der Waals surface area contributed by atoms with Crippen molar-refractivity contribution in [3.05, 3.63) is 65.7 Å². The van der Waals surface area contributed by atoms with Crippen molar-refractivity contribution >= 4 is 15.9 Å². The number of aryl methyl sites for hydroxylation is 1. The molecule has 31 heavy (non-hydrogen) atoms. The van der Waals surface area contributed by atoms with Gasteiger partial charge in [-0.2, -0.15) is 0 Å². The molecule has 3 aliphatic rings. The fourth-order valence-corrected chi connectivity index (χ4v) is 6.72. The summed E-state index contributed by atoms with van der Waals surface area (Å²) in [6, 6.07) is 16.4. The van der Waals surface area contributed by atoms with E-state index in [1.54, 1.807) is 29.2 Å². The van der Waals surface area contributed by atoms with Gasteiger partial charge in [-0.3, -0.25) is 4.79 Å². The summed E-state index contributed by atoms with van der Waals surface area (Å²) in [6.45, 7) is 6.85. The number of benzene rings is 2. The van der Waals surface area contributed by atoms with Gasteiger partial charge >= 0.3 is 0 Å². The van der Waals surface area contributed by atoms with Crippen LogP contribution in [0.3, 0.4) is 0 Å². The van der Waals surface area contributed by atoms with Gasteiger partial charge in [0, 0.05) is 19.6 Å². The maximum Gasteiger partial charge on any atom is 0.240 e. The van der Waals surface area contributed by atoms with Crippen LogP contribution in [0, 0.1) is 30.1 Å². The number of sulfonamides is 1. The van der Waals surface area contributed by atoms with Crippen molar-refractivity contribution in [2.75, 3.05) is 7.05 Å². The Morgan fingerprint density at radius 3 is 2.32 bits per heavy atom. The van der Waals surface area contributed by atoms with E-state index in [4.69, 9.17) is 0 Å². The van der Waals surface area contributed by atoms with Gasteiger partial charge in [0.2, 0.25) is 15.9 Å². The van der Waals surface area contributed by atoms with Crippen molar-refractivity contribution in [1.82, 2.24) is 9.62 Å². The molecule has 2 bridgehead atoms. The zero-order valence-electron chi connectivity index (χ0n) is 18.7. The van der Waals surface area contributed by atoms with Gasteiger partial charge in [-0.1, -0.05) is 61.9 Å². The van der Waals surface area contributed by atoms with Gasteiger partial charge in [-0.15, -0.1) is 0 Å². The van der Waals surface area contributed by atoms with Gasteiger partial charge in [0.1, 0.15) is 0 Å². The van der Waals surface area contributed by atoms with Crippen LogP contribution in [0.5, 0.6) is 0 Å². The van der Waals surface area contributed by atoms with E-state index < -0.39 is 16.1 Å². The lowest BCUT2D eigenvalue weighted by molar-refractivity contribution is -0.153. The first-order valence-corrected chi connectivity index (χ1v) is 12.5. The van der Waals surface area contributed by atoms with Crippen molar-refractivity contribution in [2.24, 2.45) is 23.2 Å². The molecule has 0 aromatic heterocycles. The van der Waals surface area contributed by atoms with Crippen molar-refractivity contribution in [3.8, 4) is 0 Å². The van der Waals surface area contributed by atoms with Crippen LogP contribution in [0.25, 0.3) is 0 Å². The van der Waals surface area contributed by atoms with Gasteiger partial charge < -0.3 is 4.90 Å². The molecule has 5 rings (SSSR count). The lowest BCUT2D eigenvalue weighted by atomic mass is 9.45. The molecule has 5 nitrogen and oxygen atoms in total. The molecule has 1 N–H and O–H groups in total. The zero-order chi connectivity index (χ0) is 22.4. The third kappa shape index (κ3) is 4.15. The van der Waals surface area contributed by atoms with E-state index in [1.807, 2.05) is 44.3 Å². The first kappa shape index (κ1) is 22.0. The Labute approximate surface area is 185 Å². The van der Waals surface area contributed by atoms with Gasteiger partial charge in [0.25, 0.3) is 0 Å². The summed E-state index contributed by atoms with van der Waals surface area (Å²) in [5.74, 6) is 0.290. The Kier molecular flexibility index (Phi) is 5.73. The molecule has 0 saturated heterocycles. The van der Waals surface area contributed by atoms with Crippen LogP contribution in [0.2, 0.25) is 0 Å². The van der Waals surface area contributed by atoms with E-state index in [1.165, 1.54) is 0 Å². The minimum atomic E-state index is -3.71. The van der Waals surface area contributed by atoms with Gasteiger partial charge in [0.15, 0.2) is 0 Å². The predicted molar refractivity (Wildman–Crippen MR) is 122 cm³/mol. The highest BCUT2D eigenvalue weighted by Gasteiger charge is 2.60. The Hall–Kier alpha value is -2.18. The third-order valence-electron chi connectivity index (χ3n) is 7.53. The van der Waals surface area contributed by atoms with Crippen LogP contribution < -0.4 is 4.72 Å². The molecule has 3 aliphatic carbocycles. The highest BCUT2D eigenvalue weighted by molar-refractivity contribution is 7.89. The molecule has 2 aromatic rings. The van der Waals surface area contributed by atoms with Gasteiger partial charge in [-0.25, -0.2) is 13.1 Å². The molecular weight excluding hydrogens is 408 g/mol. The summed E-state index contributed by atoms with van der Waals surface area (Å²) in [4.78, 5) is 15.4. The normalized spacial score (nSPS) is 26.7. The molecule has 0 aliphatic heterocycles. The van der Waals surface area contributed by atoms with E-state index in [0.717, 1.165) is 24.0 Å². The van der Waals surface area contributed by atoms with Crippen molar-refractivity contribution in [2.45, 2.75) is 51.1 Å². The van der Waals surface area contributed by atoms with Crippen LogP contribution in [-0.2, 0) is 21.4 Å². The van der Waals surface area contributed by atoms with Crippen LogP contribution in [-0.4, -0.2) is 32.3 Å². The van der Waals surface area contributed by atoms with Crippen LogP contribution >= 0.6 is 0 Å². The summed E-state index contributed by atoms with van der Waals surface area (Å²) in [6.07, 6.45) is 1.70. The quantitative estimate of drug-likeness (QED) is 0.739. The molecule has 2 aromatic carbocycles. The first-order chi connectivity index (χ1) is 14.6. The Morgan fingerprint density at radius 2 is 1.71 bits per heavy atom. The van der Waals surface area contributed by atoms with Crippen LogP contribution in [0.1, 0.15) is 37.8 Å². The van der Waals surface area contributed by atoms with Crippen molar-refractivity contribution in [3.63, 3.8) is 0 Å². The second-order valence-electron chi connectivity index (χ2n) is 9.84. The second-order valence-corrected chi connectivity index (χ2v) is 11.6. The third-order valence-corrected chi connectivity index (χ3v) is 9.01. The number of hydrogen-bond acceptors (Lipinski definition) is 3. The molecule has 0 spiro atoms. The SMILES string of the molecule is Cc1ccc(S(=O)(=O)N[C@H]2[C@@H](C(=O)N(C)Cc3ccccc3)C[C@H]3C[C@@H]2C3(C)C)cc1. The van der Waals surface area contributed by atoms with E-state index >= 15 is 0 Å². The zero-order valence-corrected chi connectivity index (χ0v) is 19.5. The molecular formula is C25H32N2O3S. The number of nitrogens with zero attached hydrogens (tertiary/aromatic N) is 1. The number of amides is 1. The van der Waals surface area contributed by atoms with Crippen molar-refractivity contribution < 1.29 is 13.2 Å². The Morgan fingerprint density at radius 1 is 1.06 bits per heavy atom. The van der Waals surface area contributed by atoms with E-state index in [0.29, 0.717) is 12.5 Å². The van der Waals surface area contributed by atoms with Crippen LogP contribution in [0.4, 0.5) is 0 Å². The fourth-order valence-electron chi connectivity index (χ4n) is 5.40. The van der Waals surface area contributed by atoms with Gasteiger partial charge in [-0.05, 0) is 54.7 Å². The number of rotatable bonds is 6. The molecule has 166 valence electrons. The molecule has 0 heterocycles. The minimum Gasteiger partial charge on any atom is -0.341 e. The predicted octanol–water partition coefficient (Wildman–Crippen LogP) is 3.98. The summed E-state index contributed by atoms with van der Waals surface area (Å²) in [5.41, 5.74) is 2.11. The topological polar surface area (TPSA) is 66.5 Å². The molecule has 3 fully saturated rings. The highest BCUT2D eigenvalue weighted by atomic mass is 32.2. The number of carbonyl (C=O) groups excluding carboxylic acids is 1. The maximum absolute atomic E-state index is 13.4. The standard InChI is InChI=1S/C25H32N2O3S/c1-17-10-12-20(13-11-17)31(29,30)26-23-21(14-19-15-22(23)25(19,2)3)24(28)27(4)16-18-8-6-5-7-9-18/h5-13,19,21-23,26H,14-16H2,1-4H3/t19-,21-,22-,23-/m0/s1. The smallest absolute Gasteiger partial charge is 0.240 e. The Balaban J connectivity index is 1.57. The highest BCUT2D eigenvalue weighted by Crippen LogP contribution is 2.61. The monoisotopic (exact) mass is 440 g/mol. The maximum atomic E-state index is 13.4. The number of hydrogen-bond donors (Lipinski definition) is 1.